The van der Waals surface area contributed by atoms with Crippen molar-refractivity contribution in [2.24, 2.45) is 5.92 Å². The van der Waals surface area contributed by atoms with Crippen molar-refractivity contribution in [2.75, 3.05) is 32.8 Å². The standard InChI is InChI=1S/C10H19F3N2O3S/c1-2-14(8-10(11,12)13)19(17,18)15-5-3-9(7-16)4-6-15/h9,16H,2-8H2,1H3. The summed E-state index contributed by atoms with van der Waals surface area (Å²) in [5, 5.41) is 8.96. The van der Waals surface area contributed by atoms with Gasteiger partial charge in [-0.05, 0) is 18.8 Å². The molecule has 5 nitrogen and oxygen atoms in total. The Morgan fingerprint density at radius 3 is 2.21 bits per heavy atom. The van der Waals surface area contributed by atoms with Crippen molar-refractivity contribution in [3.8, 4) is 0 Å². The second kappa shape index (κ2) is 6.38. The van der Waals surface area contributed by atoms with Gasteiger partial charge in [0.15, 0.2) is 0 Å². The van der Waals surface area contributed by atoms with Gasteiger partial charge in [0, 0.05) is 26.2 Å². The average Bonchev–Trinajstić information content (AvgIpc) is 2.34. The molecular weight excluding hydrogens is 285 g/mol. The summed E-state index contributed by atoms with van der Waals surface area (Å²) in [5.41, 5.74) is 0. The lowest BCUT2D eigenvalue weighted by molar-refractivity contribution is -0.136. The Kier molecular flexibility index (Phi) is 5.60. The number of rotatable bonds is 5. The summed E-state index contributed by atoms with van der Waals surface area (Å²) < 4.78 is 62.7. The highest BCUT2D eigenvalue weighted by Crippen LogP contribution is 2.24. The van der Waals surface area contributed by atoms with Crippen LogP contribution in [0.1, 0.15) is 19.8 Å². The van der Waals surface area contributed by atoms with Crippen molar-refractivity contribution in [2.45, 2.75) is 25.9 Å². The van der Waals surface area contributed by atoms with Crippen LogP contribution in [0, 0.1) is 5.92 Å². The molecule has 0 aromatic carbocycles. The average molecular weight is 304 g/mol. The van der Waals surface area contributed by atoms with E-state index in [1.807, 2.05) is 0 Å². The Morgan fingerprint density at radius 1 is 1.32 bits per heavy atom. The molecule has 1 aliphatic rings. The molecular formula is C10H19F3N2O3S. The van der Waals surface area contributed by atoms with Gasteiger partial charge in [0.1, 0.15) is 6.54 Å². The lowest BCUT2D eigenvalue weighted by Crippen LogP contribution is -2.49. The van der Waals surface area contributed by atoms with Gasteiger partial charge >= 0.3 is 6.18 Å². The zero-order valence-electron chi connectivity index (χ0n) is 10.7. The van der Waals surface area contributed by atoms with Crippen LogP contribution in [0.4, 0.5) is 13.2 Å². The smallest absolute Gasteiger partial charge is 0.396 e. The second-order valence-corrected chi connectivity index (χ2v) is 6.50. The molecule has 0 radical (unpaired) electrons. The van der Waals surface area contributed by atoms with Gasteiger partial charge in [0.25, 0.3) is 10.2 Å². The quantitative estimate of drug-likeness (QED) is 0.818. The zero-order valence-corrected chi connectivity index (χ0v) is 11.5. The summed E-state index contributed by atoms with van der Waals surface area (Å²) in [5.74, 6) is 0.0316. The summed E-state index contributed by atoms with van der Waals surface area (Å²) in [6.07, 6.45) is -3.61. The molecule has 0 atom stereocenters. The number of aliphatic hydroxyl groups excluding tert-OH is 1. The largest absolute Gasteiger partial charge is 0.402 e. The molecule has 0 amide bonds. The summed E-state index contributed by atoms with van der Waals surface area (Å²) in [6.45, 7) is -0.0188. The number of piperidine rings is 1. The molecule has 0 spiro atoms. The van der Waals surface area contributed by atoms with Crippen molar-refractivity contribution in [3.63, 3.8) is 0 Å². The topological polar surface area (TPSA) is 60.9 Å². The molecule has 1 heterocycles. The molecule has 0 bridgehead atoms. The summed E-state index contributed by atoms with van der Waals surface area (Å²) in [7, 11) is -4.07. The number of alkyl halides is 3. The highest BCUT2D eigenvalue weighted by molar-refractivity contribution is 7.86. The second-order valence-electron chi connectivity index (χ2n) is 4.57. The highest BCUT2D eigenvalue weighted by atomic mass is 32.2. The molecule has 19 heavy (non-hydrogen) atoms. The van der Waals surface area contributed by atoms with Crippen molar-refractivity contribution in [1.82, 2.24) is 8.61 Å². The van der Waals surface area contributed by atoms with Crippen LogP contribution in [0.15, 0.2) is 0 Å². The molecule has 1 fully saturated rings. The van der Waals surface area contributed by atoms with E-state index in [1.54, 1.807) is 0 Å². The number of aliphatic hydroxyl groups is 1. The normalized spacial score (nSPS) is 20.1. The molecule has 0 aromatic heterocycles. The fraction of sp³-hybridized carbons (Fsp3) is 1.00. The maximum atomic E-state index is 12.3. The van der Waals surface area contributed by atoms with Crippen LogP contribution in [0.25, 0.3) is 0 Å². The SMILES string of the molecule is CCN(CC(F)(F)F)S(=O)(=O)N1CCC(CO)CC1. The molecule has 0 aliphatic carbocycles. The van der Waals surface area contributed by atoms with Crippen molar-refractivity contribution >= 4 is 10.2 Å². The Balaban J connectivity index is 2.73. The minimum absolute atomic E-state index is 0.0199. The molecule has 1 saturated heterocycles. The first kappa shape index (κ1) is 16.7. The molecule has 9 heteroatoms. The van der Waals surface area contributed by atoms with E-state index < -0.39 is 22.9 Å². The lowest BCUT2D eigenvalue weighted by Gasteiger charge is -2.34. The van der Waals surface area contributed by atoms with Crippen molar-refractivity contribution in [3.05, 3.63) is 0 Å². The first-order chi connectivity index (χ1) is 8.70. The van der Waals surface area contributed by atoms with E-state index in [-0.39, 0.29) is 32.2 Å². The van der Waals surface area contributed by atoms with Gasteiger partial charge in [-0.2, -0.15) is 30.2 Å². The van der Waals surface area contributed by atoms with Crippen molar-refractivity contribution in [1.29, 1.82) is 0 Å². The summed E-state index contributed by atoms with van der Waals surface area (Å²) in [6, 6.07) is 0. The van der Waals surface area contributed by atoms with Gasteiger partial charge in [0.05, 0.1) is 0 Å². The third-order valence-electron chi connectivity index (χ3n) is 3.19. The van der Waals surface area contributed by atoms with Gasteiger partial charge in [0.2, 0.25) is 0 Å². The van der Waals surface area contributed by atoms with Crippen molar-refractivity contribution < 1.29 is 26.7 Å². The van der Waals surface area contributed by atoms with E-state index in [0.717, 1.165) is 4.31 Å². The molecule has 1 N–H and O–H groups in total. The van der Waals surface area contributed by atoms with Gasteiger partial charge in [-0.15, -0.1) is 0 Å². The van der Waals surface area contributed by atoms with Crippen LogP contribution in [-0.2, 0) is 10.2 Å². The predicted octanol–water partition coefficient (Wildman–Crippen LogP) is 0.820. The van der Waals surface area contributed by atoms with E-state index in [9.17, 15) is 21.6 Å². The minimum Gasteiger partial charge on any atom is -0.396 e. The Hall–Kier alpha value is -0.380. The number of halogens is 3. The van der Waals surface area contributed by atoms with Gasteiger partial charge < -0.3 is 5.11 Å². The van der Waals surface area contributed by atoms with Gasteiger partial charge in [-0.3, -0.25) is 0 Å². The summed E-state index contributed by atoms with van der Waals surface area (Å²) in [4.78, 5) is 0. The molecule has 1 aliphatic heterocycles. The fourth-order valence-corrected chi connectivity index (χ4v) is 3.68. The number of nitrogens with zero attached hydrogens (tertiary/aromatic N) is 2. The monoisotopic (exact) mass is 304 g/mol. The predicted molar refractivity (Wildman–Crippen MR) is 63.6 cm³/mol. The van der Waals surface area contributed by atoms with Crippen LogP contribution >= 0.6 is 0 Å². The zero-order chi connectivity index (χ0) is 14.7. The van der Waals surface area contributed by atoms with Gasteiger partial charge in [-0.1, -0.05) is 6.92 Å². The first-order valence-electron chi connectivity index (χ1n) is 6.13. The lowest BCUT2D eigenvalue weighted by atomic mass is 10.00. The molecule has 0 unspecified atom stereocenters. The molecule has 0 aromatic rings. The van der Waals surface area contributed by atoms with E-state index >= 15 is 0 Å². The molecule has 1 rings (SSSR count). The van der Waals surface area contributed by atoms with Crippen LogP contribution in [0.3, 0.4) is 0 Å². The minimum atomic E-state index is -4.55. The van der Waals surface area contributed by atoms with Crippen LogP contribution in [-0.4, -0.2) is 61.1 Å². The molecule has 114 valence electrons. The van der Waals surface area contributed by atoms with E-state index in [2.05, 4.69) is 0 Å². The number of hydrogen-bond acceptors (Lipinski definition) is 3. The fourth-order valence-electron chi connectivity index (χ4n) is 2.04. The Labute approximate surface area is 111 Å². The third-order valence-corrected chi connectivity index (χ3v) is 5.25. The highest BCUT2D eigenvalue weighted by Gasteiger charge is 2.39. The van der Waals surface area contributed by atoms with Crippen LogP contribution in [0.5, 0.6) is 0 Å². The van der Waals surface area contributed by atoms with E-state index in [0.29, 0.717) is 17.1 Å². The van der Waals surface area contributed by atoms with Crippen LogP contribution < -0.4 is 0 Å². The van der Waals surface area contributed by atoms with E-state index in [1.165, 1.54) is 6.92 Å². The summed E-state index contributed by atoms with van der Waals surface area (Å²) >= 11 is 0. The maximum absolute atomic E-state index is 12.3. The van der Waals surface area contributed by atoms with E-state index in [4.69, 9.17) is 5.11 Å². The Morgan fingerprint density at radius 2 is 1.84 bits per heavy atom. The Bertz CT molecular complexity index is 378. The molecule has 0 saturated carbocycles. The third kappa shape index (κ3) is 4.59. The number of hydrogen-bond donors (Lipinski definition) is 1. The van der Waals surface area contributed by atoms with Gasteiger partial charge in [-0.25, -0.2) is 0 Å². The van der Waals surface area contributed by atoms with Crippen LogP contribution in [0.2, 0.25) is 0 Å². The first-order valence-corrected chi connectivity index (χ1v) is 7.53. The maximum Gasteiger partial charge on any atom is 0.402 e.